The van der Waals surface area contributed by atoms with Crippen molar-refractivity contribution in [3.63, 3.8) is 0 Å². The normalized spacial score (nSPS) is 24.2. The van der Waals surface area contributed by atoms with Gasteiger partial charge >= 0.3 is 0 Å². The molecule has 0 radical (unpaired) electrons. The number of fused-ring (bicyclic) bond motifs is 1. The molecule has 6 nitrogen and oxygen atoms in total. The third-order valence-electron chi connectivity index (χ3n) is 5.89. The molecule has 0 aliphatic carbocycles. The van der Waals surface area contributed by atoms with E-state index in [-0.39, 0.29) is 18.4 Å². The Hall–Kier alpha value is -1.93. The number of carbonyl (C=O) groups is 2. The Morgan fingerprint density at radius 2 is 2.13 bits per heavy atom. The second-order valence-electron chi connectivity index (χ2n) is 8.22. The van der Waals surface area contributed by atoms with Gasteiger partial charge in [0.05, 0.1) is 15.8 Å². The molecule has 1 aromatic carbocycles. The van der Waals surface area contributed by atoms with Crippen molar-refractivity contribution in [2.24, 2.45) is 0 Å². The highest BCUT2D eigenvalue weighted by Gasteiger charge is 2.44. The van der Waals surface area contributed by atoms with Crippen LogP contribution in [0.3, 0.4) is 0 Å². The lowest BCUT2D eigenvalue weighted by Gasteiger charge is -2.27. The van der Waals surface area contributed by atoms with Gasteiger partial charge in [0.15, 0.2) is 0 Å². The predicted molar refractivity (Wildman–Crippen MR) is 120 cm³/mol. The van der Waals surface area contributed by atoms with Crippen molar-refractivity contribution in [1.82, 2.24) is 10.2 Å². The summed E-state index contributed by atoms with van der Waals surface area (Å²) in [7, 11) is 2.14. The highest BCUT2D eigenvalue weighted by molar-refractivity contribution is 7.18. The van der Waals surface area contributed by atoms with Gasteiger partial charge in [-0.2, -0.15) is 0 Å². The average Bonchev–Trinajstić information content (AvgIpc) is 3.33. The summed E-state index contributed by atoms with van der Waals surface area (Å²) >= 11 is 7.13. The maximum atomic E-state index is 13.2. The second kappa shape index (κ2) is 8.67. The van der Waals surface area contributed by atoms with Gasteiger partial charge in [0.2, 0.25) is 0 Å². The number of thiophene rings is 1. The Morgan fingerprint density at radius 3 is 2.83 bits per heavy atom. The van der Waals surface area contributed by atoms with Gasteiger partial charge in [0.25, 0.3) is 11.8 Å². The van der Waals surface area contributed by atoms with Gasteiger partial charge in [0, 0.05) is 31.8 Å². The first-order valence-electron chi connectivity index (χ1n) is 10.1. The lowest BCUT2D eigenvalue weighted by atomic mass is 9.94. The fourth-order valence-electron chi connectivity index (χ4n) is 4.21. The molecule has 8 heteroatoms. The summed E-state index contributed by atoms with van der Waals surface area (Å²) in [6.07, 6.45) is 1.38. The number of carbonyl (C=O) groups excluding carboxylic acids is 2. The Kier molecular flexibility index (Phi) is 6.16. The zero-order chi connectivity index (χ0) is 21.3. The minimum absolute atomic E-state index is 0.149. The number of hydrogen-bond acceptors (Lipinski definition) is 5. The van der Waals surface area contributed by atoms with Crippen molar-refractivity contribution < 1.29 is 14.3 Å². The number of nitrogens with one attached hydrogen (secondary N) is 2. The maximum Gasteiger partial charge on any atom is 0.262 e. The quantitative estimate of drug-likeness (QED) is 0.752. The van der Waals surface area contributed by atoms with E-state index in [9.17, 15) is 9.59 Å². The number of amides is 2. The van der Waals surface area contributed by atoms with Crippen molar-refractivity contribution in [3.05, 3.63) is 50.7 Å². The summed E-state index contributed by atoms with van der Waals surface area (Å²) in [5, 5.41) is 5.91. The van der Waals surface area contributed by atoms with E-state index in [0.717, 1.165) is 25.2 Å². The number of nitrogens with zero attached hydrogens (tertiary/aromatic N) is 1. The molecule has 2 atom stereocenters. The molecule has 2 N–H and O–H groups in total. The van der Waals surface area contributed by atoms with Gasteiger partial charge in [-0.1, -0.05) is 24.6 Å². The molecule has 1 saturated heterocycles. The average molecular weight is 448 g/mol. The fraction of sp³-hybridized carbons (Fsp3) is 0.455. The van der Waals surface area contributed by atoms with E-state index >= 15 is 0 Å². The van der Waals surface area contributed by atoms with Crippen LogP contribution in [0.15, 0.2) is 30.3 Å². The van der Waals surface area contributed by atoms with Gasteiger partial charge in [-0.3, -0.25) is 9.59 Å². The monoisotopic (exact) mass is 447 g/mol. The van der Waals surface area contributed by atoms with Crippen LogP contribution in [-0.2, 0) is 16.0 Å². The van der Waals surface area contributed by atoms with Crippen LogP contribution in [0.25, 0.3) is 0 Å². The van der Waals surface area contributed by atoms with E-state index in [1.807, 2.05) is 6.07 Å². The molecule has 2 aromatic rings. The standard InChI is InChI=1S/C22H26ClN3O3S/c1-14-12-26(2)9-7-15-11-16(3-4-17(14)15)24-21(28)22(8-10-29-13-22)25-20(27)18-5-6-19(23)30-18/h3-6,11,14H,7-10,12-13H2,1-2H3,(H,24,28)(H,25,27)/t14-,22?/m1/s1. The lowest BCUT2D eigenvalue weighted by molar-refractivity contribution is -0.122. The van der Waals surface area contributed by atoms with Crippen LogP contribution in [0.1, 0.15) is 40.1 Å². The molecule has 1 unspecified atom stereocenters. The van der Waals surface area contributed by atoms with Crippen LogP contribution in [-0.4, -0.2) is 55.6 Å². The van der Waals surface area contributed by atoms with Crippen LogP contribution in [0.4, 0.5) is 5.69 Å². The molecule has 1 fully saturated rings. The molecule has 1 aromatic heterocycles. The Morgan fingerprint density at radius 1 is 1.30 bits per heavy atom. The second-order valence-corrected chi connectivity index (χ2v) is 9.94. The number of benzene rings is 1. The number of ether oxygens (including phenoxy) is 1. The van der Waals surface area contributed by atoms with Crippen LogP contribution < -0.4 is 10.6 Å². The van der Waals surface area contributed by atoms with E-state index in [2.05, 4.69) is 41.6 Å². The number of halogens is 1. The van der Waals surface area contributed by atoms with Crippen LogP contribution >= 0.6 is 22.9 Å². The summed E-state index contributed by atoms with van der Waals surface area (Å²) in [6.45, 7) is 4.82. The number of anilines is 1. The molecular formula is C22H26ClN3O3S. The summed E-state index contributed by atoms with van der Waals surface area (Å²) in [5.74, 6) is -0.121. The van der Waals surface area contributed by atoms with E-state index in [4.69, 9.17) is 16.3 Å². The molecule has 4 rings (SSSR count). The Balaban J connectivity index is 1.52. The number of rotatable bonds is 4. The molecule has 0 spiro atoms. The first kappa shape index (κ1) is 21.3. The van der Waals surface area contributed by atoms with Crippen LogP contribution in [0.2, 0.25) is 4.34 Å². The van der Waals surface area contributed by atoms with E-state index in [1.54, 1.807) is 12.1 Å². The summed E-state index contributed by atoms with van der Waals surface area (Å²) in [6, 6.07) is 9.45. The number of hydrogen-bond donors (Lipinski definition) is 2. The smallest absolute Gasteiger partial charge is 0.262 e. The lowest BCUT2D eigenvalue weighted by Crippen LogP contribution is -2.57. The van der Waals surface area contributed by atoms with E-state index in [0.29, 0.717) is 28.2 Å². The van der Waals surface area contributed by atoms with Gasteiger partial charge < -0.3 is 20.3 Å². The van der Waals surface area contributed by atoms with Gasteiger partial charge in [-0.05, 0) is 54.8 Å². The van der Waals surface area contributed by atoms with E-state index in [1.165, 1.54) is 22.5 Å². The van der Waals surface area contributed by atoms with Crippen LogP contribution in [0, 0.1) is 0 Å². The van der Waals surface area contributed by atoms with Crippen molar-refractivity contribution in [1.29, 1.82) is 0 Å². The molecule has 0 saturated carbocycles. The van der Waals surface area contributed by atoms with Crippen molar-refractivity contribution >= 4 is 40.4 Å². The molecule has 0 bridgehead atoms. The highest BCUT2D eigenvalue weighted by atomic mass is 35.5. The minimum atomic E-state index is -1.09. The fourth-order valence-corrected chi connectivity index (χ4v) is 5.15. The first-order chi connectivity index (χ1) is 14.4. The first-order valence-corrected chi connectivity index (χ1v) is 11.3. The Bertz CT molecular complexity index is 955. The molecule has 2 amide bonds. The minimum Gasteiger partial charge on any atom is -0.378 e. The van der Waals surface area contributed by atoms with Crippen molar-refractivity contribution in [3.8, 4) is 0 Å². The third kappa shape index (κ3) is 4.39. The van der Waals surface area contributed by atoms with Gasteiger partial charge in [-0.25, -0.2) is 0 Å². The van der Waals surface area contributed by atoms with Gasteiger partial charge in [0.1, 0.15) is 5.54 Å². The zero-order valence-electron chi connectivity index (χ0n) is 17.2. The molecule has 30 heavy (non-hydrogen) atoms. The SMILES string of the molecule is C[C@@H]1CN(C)CCc2cc(NC(=O)C3(NC(=O)c4ccc(Cl)s4)CCOC3)ccc21. The Labute approximate surface area is 185 Å². The largest absolute Gasteiger partial charge is 0.378 e. The molecule has 3 heterocycles. The highest BCUT2D eigenvalue weighted by Crippen LogP contribution is 2.29. The third-order valence-corrected chi connectivity index (χ3v) is 7.12. The predicted octanol–water partition coefficient (Wildman–Crippen LogP) is 3.52. The molecular weight excluding hydrogens is 422 g/mol. The molecule has 160 valence electrons. The van der Waals surface area contributed by atoms with Gasteiger partial charge in [-0.15, -0.1) is 11.3 Å². The summed E-state index contributed by atoms with van der Waals surface area (Å²) < 4.78 is 6.02. The maximum absolute atomic E-state index is 13.2. The van der Waals surface area contributed by atoms with Crippen molar-refractivity contribution in [2.45, 2.75) is 31.2 Å². The van der Waals surface area contributed by atoms with Crippen LogP contribution in [0.5, 0.6) is 0 Å². The summed E-state index contributed by atoms with van der Waals surface area (Å²) in [5.41, 5.74) is 2.25. The summed E-state index contributed by atoms with van der Waals surface area (Å²) in [4.78, 5) is 28.7. The zero-order valence-corrected chi connectivity index (χ0v) is 18.7. The topological polar surface area (TPSA) is 70.7 Å². The molecule has 2 aliphatic heterocycles. The number of likely N-dealkylation sites (N-methyl/N-ethyl adjacent to an activating group) is 1. The van der Waals surface area contributed by atoms with Crippen molar-refractivity contribution in [2.75, 3.05) is 38.7 Å². The van der Waals surface area contributed by atoms with E-state index < -0.39 is 5.54 Å². The molecule has 2 aliphatic rings.